The van der Waals surface area contributed by atoms with Gasteiger partial charge in [0, 0.05) is 8.95 Å². The molecule has 0 heterocycles. The van der Waals surface area contributed by atoms with Gasteiger partial charge in [0.25, 0.3) is 0 Å². The van der Waals surface area contributed by atoms with E-state index >= 15 is 0 Å². The number of rotatable bonds is 2. The number of hydrogen-bond donors (Lipinski definition) is 0. The molecule has 0 aromatic heterocycles. The second kappa shape index (κ2) is 6.94. The lowest BCUT2D eigenvalue weighted by atomic mass is 9.88. The molecule has 0 N–H and O–H groups in total. The number of hydrogen-bond acceptors (Lipinski definition) is 0. The average Bonchev–Trinajstić information content (AvgIpc) is 3.11. The van der Waals surface area contributed by atoms with E-state index in [2.05, 4.69) is 129 Å². The van der Waals surface area contributed by atoms with Crippen LogP contribution in [-0.2, 0) is 0 Å². The van der Waals surface area contributed by atoms with Crippen LogP contribution >= 0.6 is 31.9 Å². The first-order valence-corrected chi connectivity index (χ1v) is 11.5. The molecule has 0 unspecified atom stereocenters. The largest absolute Gasteiger partial charge is 0.0616 e. The summed E-state index contributed by atoms with van der Waals surface area (Å²) in [5.74, 6) is 0. The first-order chi connectivity index (χ1) is 14.7. The van der Waals surface area contributed by atoms with Crippen LogP contribution in [0.2, 0.25) is 0 Å². The molecule has 0 fully saturated rings. The number of benzene rings is 5. The molecule has 0 bridgehead atoms. The third kappa shape index (κ3) is 2.57. The molecule has 6 rings (SSSR count). The van der Waals surface area contributed by atoms with Crippen LogP contribution < -0.4 is 0 Å². The maximum absolute atomic E-state index is 3.78. The van der Waals surface area contributed by atoms with Crippen molar-refractivity contribution in [3.63, 3.8) is 0 Å². The van der Waals surface area contributed by atoms with E-state index in [-0.39, 0.29) is 0 Å². The SMILES string of the molecule is Brc1ccccc1-c1ccc(-c2ccccc2Br)c2c1-c1cccc3cccc-2c13. The molecule has 5 aromatic carbocycles. The summed E-state index contributed by atoms with van der Waals surface area (Å²) in [5.41, 5.74) is 10.2. The standard InChI is InChI=1S/C28H16Br2/c29-24-13-3-1-9-18(24)20-15-16-21(19-10-2-4-14-25(19)30)28-23-12-6-8-17-7-5-11-22(26(17)23)27(20)28/h1-16H. The highest BCUT2D eigenvalue weighted by atomic mass is 79.9. The Morgan fingerprint density at radius 3 is 1.27 bits per heavy atom. The van der Waals surface area contributed by atoms with Gasteiger partial charge in [0.1, 0.15) is 0 Å². The van der Waals surface area contributed by atoms with Gasteiger partial charge in [0.2, 0.25) is 0 Å². The van der Waals surface area contributed by atoms with Crippen molar-refractivity contribution in [2.45, 2.75) is 0 Å². The van der Waals surface area contributed by atoms with Gasteiger partial charge in [-0.15, -0.1) is 0 Å². The molecule has 30 heavy (non-hydrogen) atoms. The third-order valence-electron chi connectivity index (χ3n) is 5.98. The Morgan fingerprint density at radius 1 is 0.367 bits per heavy atom. The minimum absolute atomic E-state index is 1.11. The van der Waals surface area contributed by atoms with E-state index in [4.69, 9.17) is 0 Å². The molecular weight excluding hydrogens is 496 g/mol. The highest BCUT2D eigenvalue weighted by Gasteiger charge is 2.28. The van der Waals surface area contributed by atoms with Crippen molar-refractivity contribution in [3.05, 3.63) is 106 Å². The van der Waals surface area contributed by atoms with Gasteiger partial charge in [0.05, 0.1) is 0 Å². The van der Waals surface area contributed by atoms with Crippen LogP contribution in [0, 0.1) is 0 Å². The van der Waals surface area contributed by atoms with Crippen molar-refractivity contribution in [1.82, 2.24) is 0 Å². The zero-order valence-corrected chi connectivity index (χ0v) is 19.2. The van der Waals surface area contributed by atoms with Gasteiger partial charge >= 0.3 is 0 Å². The summed E-state index contributed by atoms with van der Waals surface area (Å²) in [6, 6.07) is 34.8. The maximum Gasteiger partial charge on any atom is 0.0253 e. The predicted molar refractivity (Wildman–Crippen MR) is 135 cm³/mol. The Morgan fingerprint density at radius 2 is 0.800 bits per heavy atom. The van der Waals surface area contributed by atoms with Crippen molar-refractivity contribution >= 4 is 42.6 Å². The molecule has 1 aliphatic rings. The third-order valence-corrected chi connectivity index (χ3v) is 7.36. The minimum Gasteiger partial charge on any atom is -0.0616 e. The Hall–Kier alpha value is -2.68. The molecule has 0 atom stereocenters. The quantitative estimate of drug-likeness (QED) is 0.217. The first-order valence-electron chi connectivity index (χ1n) is 9.93. The van der Waals surface area contributed by atoms with Crippen LogP contribution in [0.25, 0.3) is 55.3 Å². The Balaban J connectivity index is 1.79. The second-order valence-corrected chi connectivity index (χ2v) is 9.29. The summed E-state index contributed by atoms with van der Waals surface area (Å²) in [4.78, 5) is 0. The Bertz CT molecular complexity index is 1360. The lowest BCUT2D eigenvalue weighted by Crippen LogP contribution is -1.90. The highest BCUT2D eigenvalue weighted by Crippen LogP contribution is 2.55. The molecule has 0 saturated heterocycles. The zero-order valence-electron chi connectivity index (χ0n) is 16.0. The highest BCUT2D eigenvalue weighted by molar-refractivity contribution is 9.11. The zero-order chi connectivity index (χ0) is 20.2. The van der Waals surface area contributed by atoms with E-state index in [0.717, 1.165) is 8.95 Å². The van der Waals surface area contributed by atoms with Crippen LogP contribution in [0.1, 0.15) is 0 Å². The van der Waals surface area contributed by atoms with E-state index in [9.17, 15) is 0 Å². The van der Waals surface area contributed by atoms with Crippen molar-refractivity contribution in [2.24, 2.45) is 0 Å². The van der Waals surface area contributed by atoms with Gasteiger partial charge in [-0.25, -0.2) is 0 Å². The minimum atomic E-state index is 1.11. The summed E-state index contributed by atoms with van der Waals surface area (Å²) >= 11 is 7.56. The average molecular weight is 512 g/mol. The second-order valence-electron chi connectivity index (χ2n) is 7.58. The smallest absolute Gasteiger partial charge is 0.0253 e. The van der Waals surface area contributed by atoms with Crippen LogP contribution in [-0.4, -0.2) is 0 Å². The van der Waals surface area contributed by atoms with Gasteiger partial charge in [0.15, 0.2) is 0 Å². The molecule has 2 heteroatoms. The van der Waals surface area contributed by atoms with E-state index in [0.29, 0.717) is 0 Å². The maximum atomic E-state index is 3.78. The summed E-state index contributed by atoms with van der Waals surface area (Å²) in [6.07, 6.45) is 0. The van der Waals surface area contributed by atoms with Crippen LogP contribution in [0.15, 0.2) is 106 Å². The van der Waals surface area contributed by atoms with Crippen molar-refractivity contribution in [1.29, 1.82) is 0 Å². The van der Waals surface area contributed by atoms with Crippen LogP contribution in [0.4, 0.5) is 0 Å². The molecule has 0 saturated carbocycles. The molecule has 0 spiro atoms. The molecule has 0 nitrogen and oxygen atoms in total. The lowest BCUT2D eigenvalue weighted by Gasteiger charge is -2.17. The van der Waals surface area contributed by atoms with E-state index < -0.39 is 0 Å². The van der Waals surface area contributed by atoms with Gasteiger partial charge in [-0.3, -0.25) is 0 Å². The number of halogens is 2. The monoisotopic (exact) mass is 510 g/mol. The summed E-state index contributed by atoms with van der Waals surface area (Å²) in [5, 5.41) is 2.64. The molecular formula is C28H16Br2. The fourth-order valence-corrected chi connectivity index (χ4v) is 5.72. The molecule has 0 amide bonds. The van der Waals surface area contributed by atoms with Gasteiger partial charge in [-0.1, -0.05) is 117 Å². The number of fused-ring (bicyclic) bond motifs is 3. The molecule has 0 aliphatic heterocycles. The molecule has 5 aromatic rings. The van der Waals surface area contributed by atoms with Crippen molar-refractivity contribution in [3.8, 4) is 44.5 Å². The Kier molecular flexibility index (Phi) is 4.19. The van der Waals surface area contributed by atoms with Gasteiger partial charge < -0.3 is 0 Å². The van der Waals surface area contributed by atoms with Gasteiger partial charge in [-0.2, -0.15) is 0 Å². The first kappa shape index (κ1) is 18.1. The van der Waals surface area contributed by atoms with E-state index in [1.54, 1.807) is 0 Å². The predicted octanol–water partition coefficient (Wildman–Crippen LogP) is 9.35. The van der Waals surface area contributed by atoms with Crippen LogP contribution in [0.3, 0.4) is 0 Å². The normalized spacial score (nSPS) is 11.7. The fraction of sp³-hybridized carbons (Fsp3) is 0. The van der Waals surface area contributed by atoms with Crippen LogP contribution in [0.5, 0.6) is 0 Å². The summed E-state index contributed by atoms with van der Waals surface area (Å²) in [6.45, 7) is 0. The summed E-state index contributed by atoms with van der Waals surface area (Å²) < 4.78 is 2.23. The van der Waals surface area contributed by atoms with E-state index in [1.165, 1.54) is 55.3 Å². The molecule has 142 valence electrons. The summed E-state index contributed by atoms with van der Waals surface area (Å²) in [7, 11) is 0. The van der Waals surface area contributed by atoms with Gasteiger partial charge in [-0.05, 0) is 67.4 Å². The molecule has 1 aliphatic carbocycles. The lowest BCUT2D eigenvalue weighted by molar-refractivity contribution is 1.56. The topological polar surface area (TPSA) is 0 Å². The fourth-order valence-electron chi connectivity index (χ4n) is 4.73. The van der Waals surface area contributed by atoms with Crippen molar-refractivity contribution < 1.29 is 0 Å². The molecule has 0 radical (unpaired) electrons. The van der Waals surface area contributed by atoms with E-state index in [1.807, 2.05) is 0 Å². The van der Waals surface area contributed by atoms with Crippen molar-refractivity contribution in [2.75, 3.05) is 0 Å². The Labute approximate surface area is 192 Å².